The van der Waals surface area contributed by atoms with E-state index in [4.69, 9.17) is 0 Å². The molecule has 0 aliphatic heterocycles. The molecule has 0 amide bonds. The van der Waals surface area contributed by atoms with Gasteiger partial charge in [0.2, 0.25) is 0 Å². The molecule has 2 N–H and O–H groups in total. The van der Waals surface area contributed by atoms with Gasteiger partial charge in [-0.1, -0.05) is 37.3 Å². The third-order valence-electron chi connectivity index (χ3n) is 5.91. The summed E-state index contributed by atoms with van der Waals surface area (Å²) in [4.78, 5) is 3.54. The monoisotopic (exact) mass is 477 g/mol. The van der Waals surface area contributed by atoms with Crippen LogP contribution in [-0.2, 0) is 12.6 Å². The first kappa shape index (κ1) is 25.8. The first-order chi connectivity index (χ1) is 16.2. The van der Waals surface area contributed by atoms with Crippen molar-refractivity contribution in [1.82, 2.24) is 15.6 Å². The van der Waals surface area contributed by atoms with Gasteiger partial charge < -0.3 is 10.6 Å². The molecule has 0 aliphatic rings. The molecule has 3 rings (SSSR count). The highest BCUT2D eigenvalue weighted by atomic mass is 19.4. The molecule has 3 aromatic rings. The zero-order valence-corrected chi connectivity index (χ0v) is 19.0. The number of aromatic nitrogens is 1. The summed E-state index contributed by atoms with van der Waals surface area (Å²) < 4.78 is 66.1. The maximum Gasteiger partial charge on any atom is 0.433 e. The van der Waals surface area contributed by atoms with Gasteiger partial charge >= 0.3 is 6.18 Å². The summed E-state index contributed by atoms with van der Waals surface area (Å²) in [6.45, 7) is 2.03. The van der Waals surface area contributed by atoms with Gasteiger partial charge in [0, 0.05) is 24.3 Å². The number of pyridine rings is 1. The minimum Gasteiger partial charge on any atom is -0.315 e. The quantitative estimate of drug-likeness (QED) is 0.333. The number of benzene rings is 2. The van der Waals surface area contributed by atoms with Crippen LogP contribution in [-0.4, -0.2) is 18.1 Å². The number of nitrogens with one attached hydrogen (secondary N) is 2. The molecular weight excluding hydrogens is 449 g/mol. The molecule has 0 bridgehead atoms. The van der Waals surface area contributed by atoms with Crippen molar-refractivity contribution in [3.05, 3.63) is 101 Å². The second-order valence-electron chi connectivity index (χ2n) is 8.20. The molecule has 8 heteroatoms. The van der Waals surface area contributed by atoms with Crippen LogP contribution in [0.25, 0.3) is 0 Å². The lowest BCUT2D eigenvalue weighted by atomic mass is 9.93. The molecule has 1 heterocycles. The van der Waals surface area contributed by atoms with Gasteiger partial charge in [-0.3, -0.25) is 4.98 Å². The molecule has 2 aromatic carbocycles. The smallest absolute Gasteiger partial charge is 0.315 e. The predicted molar refractivity (Wildman–Crippen MR) is 122 cm³/mol. The number of hydrogen-bond acceptors (Lipinski definition) is 3. The fourth-order valence-corrected chi connectivity index (χ4v) is 4.06. The first-order valence-electron chi connectivity index (χ1n) is 11.2. The fraction of sp³-hybridized carbons (Fsp3) is 0.346. The number of alkyl halides is 3. The lowest BCUT2D eigenvalue weighted by molar-refractivity contribution is -0.141. The molecule has 0 saturated heterocycles. The van der Waals surface area contributed by atoms with Crippen molar-refractivity contribution in [1.29, 1.82) is 0 Å². The number of rotatable bonds is 10. The normalized spacial score (nSPS) is 14.6. The van der Waals surface area contributed by atoms with Crippen molar-refractivity contribution in [2.75, 3.05) is 7.05 Å². The van der Waals surface area contributed by atoms with Crippen LogP contribution in [0.15, 0.2) is 66.9 Å². The Morgan fingerprint density at radius 1 is 0.912 bits per heavy atom. The summed E-state index contributed by atoms with van der Waals surface area (Å²) >= 11 is 0. The Morgan fingerprint density at radius 2 is 1.65 bits per heavy atom. The Balaban J connectivity index is 1.87. The highest BCUT2D eigenvalue weighted by Gasteiger charge is 2.32. The molecule has 3 nitrogen and oxygen atoms in total. The molecule has 1 aromatic heterocycles. The predicted octanol–water partition coefficient (Wildman–Crippen LogP) is 6.38. The molecule has 3 atom stereocenters. The average Bonchev–Trinajstić information content (AvgIpc) is 2.81. The third kappa shape index (κ3) is 6.84. The van der Waals surface area contributed by atoms with E-state index in [1.165, 1.54) is 36.5 Å². The van der Waals surface area contributed by atoms with Crippen LogP contribution in [0.4, 0.5) is 22.0 Å². The van der Waals surface area contributed by atoms with E-state index in [-0.39, 0.29) is 29.8 Å². The SMILES string of the molecule is CCC(NC)[C@H](N[C@@H](CCc1ccc(C(F)(F)F)nc1)c1cccc(F)c1)c1ccc(F)cc1. The summed E-state index contributed by atoms with van der Waals surface area (Å²) in [6, 6.07) is 14.4. The van der Waals surface area contributed by atoms with E-state index >= 15 is 0 Å². The largest absolute Gasteiger partial charge is 0.433 e. The number of aryl methyl sites for hydroxylation is 1. The van der Waals surface area contributed by atoms with Crippen LogP contribution in [0.5, 0.6) is 0 Å². The third-order valence-corrected chi connectivity index (χ3v) is 5.91. The topological polar surface area (TPSA) is 37.0 Å². The van der Waals surface area contributed by atoms with Crippen LogP contribution in [0.3, 0.4) is 0 Å². The minimum absolute atomic E-state index is 0.00857. The Bertz CT molecular complexity index is 1030. The van der Waals surface area contributed by atoms with Gasteiger partial charge in [-0.25, -0.2) is 8.78 Å². The summed E-state index contributed by atoms with van der Waals surface area (Å²) in [7, 11) is 1.84. The van der Waals surface area contributed by atoms with Crippen molar-refractivity contribution in [2.24, 2.45) is 0 Å². The van der Waals surface area contributed by atoms with Gasteiger partial charge in [0.1, 0.15) is 17.3 Å². The molecule has 0 fully saturated rings. The molecule has 0 saturated carbocycles. The van der Waals surface area contributed by atoms with Crippen molar-refractivity contribution in [3.63, 3.8) is 0 Å². The van der Waals surface area contributed by atoms with Gasteiger partial charge in [0.15, 0.2) is 0 Å². The highest BCUT2D eigenvalue weighted by Crippen LogP contribution is 2.29. The second kappa shape index (κ2) is 11.5. The van der Waals surface area contributed by atoms with Gasteiger partial charge in [-0.05, 0) is 73.3 Å². The molecular formula is C26H28F5N3. The molecule has 0 radical (unpaired) electrons. The maximum atomic E-state index is 14.0. The second-order valence-corrected chi connectivity index (χ2v) is 8.20. The van der Waals surface area contributed by atoms with Crippen LogP contribution < -0.4 is 10.6 Å². The van der Waals surface area contributed by atoms with E-state index < -0.39 is 11.9 Å². The standard InChI is InChI=1S/C26H28F5N3/c1-3-22(32-2)25(18-9-11-20(27)12-10-18)34-23(19-5-4-6-21(28)15-19)13-7-17-8-14-24(33-16-17)26(29,30)31/h4-6,8-12,14-16,22-23,25,32,34H,3,7,13H2,1-2H3/t22?,23-,25+/m0/s1. The number of hydrogen-bond donors (Lipinski definition) is 2. The average molecular weight is 478 g/mol. The highest BCUT2D eigenvalue weighted by molar-refractivity contribution is 5.25. The molecule has 1 unspecified atom stereocenters. The van der Waals surface area contributed by atoms with E-state index in [0.29, 0.717) is 18.4 Å². The zero-order chi connectivity index (χ0) is 24.7. The van der Waals surface area contributed by atoms with Gasteiger partial charge in [-0.2, -0.15) is 13.2 Å². The van der Waals surface area contributed by atoms with Crippen LogP contribution in [0.2, 0.25) is 0 Å². The van der Waals surface area contributed by atoms with Gasteiger partial charge in [-0.15, -0.1) is 0 Å². The summed E-state index contributed by atoms with van der Waals surface area (Å²) in [5, 5.41) is 6.87. The molecule has 182 valence electrons. The lowest BCUT2D eigenvalue weighted by Gasteiger charge is -2.32. The molecule has 34 heavy (non-hydrogen) atoms. The van der Waals surface area contributed by atoms with E-state index in [2.05, 4.69) is 15.6 Å². The summed E-state index contributed by atoms with van der Waals surface area (Å²) in [6.07, 6.45) is -1.55. The Kier molecular flexibility index (Phi) is 8.74. The van der Waals surface area contributed by atoms with Crippen LogP contribution in [0, 0.1) is 11.6 Å². The van der Waals surface area contributed by atoms with Crippen molar-refractivity contribution in [3.8, 4) is 0 Å². The maximum absolute atomic E-state index is 14.0. The first-order valence-corrected chi connectivity index (χ1v) is 11.2. The van der Waals surface area contributed by atoms with E-state index in [1.807, 2.05) is 20.0 Å². The number of nitrogens with zero attached hydrogens (tertiary/aromatic N) is 1. The zero-order valence-electron chi connectivity index (χ0n) is 19.0. The Labute approximate surface area is 196 Å². The van der Waals surface area contributed by atoms with Gasteiger partial charge in [0.25, 0.3) is 0 Å². The number of likely N-dealkylation sites (N-methyl/N-ethyl adjacent to an activating group) is 1. The van der Waals surface area contributed by atoms with Crippen LogP contribution >= 0.6 is 0 Å². The van der Waals surface area contributed by atoms with E-state index in [9.17, 15) is 22.0 Å². The minimum atomic E-state index is -4.49. The summed E-state index contributed by atoms with van der Waals surface area (Å²) in [5.74, 6) is -0.712. The van der Waals surface area contributed by atoms with Gasteiger partial charge in [0.05, 0.1) is 0 Å². The van der Waals surface area contributed by atoms with E-state index in [0.717, 1.165) is 23.6 Å². The number of halogens is 5. The van der Waals surface area contributed by atoms with Crippen molar-refractivity contribution < 1.29 is 22.0 Å². The molecule has 0 spiro atoms. The Hall–Kier alpha value is -2.84. The van der Waals surface area contributed by atoms with E-state index in [1.54, 1.807) is 18.2 Å². The molecule has 0 aliphatic carbocycles. The van der Waals surface area contributed by atoms with Crippen molar-refractivity contribution in [2.45, 2.75) is 50.5 Å². The van der Waals surface area contributed by atoms with Crippen LogP contribution in [0.1, 0.15) is 54.2 Å². The Morgan fingerprint density at radius 3 is 2.21 bits per heavy atom. The lowest BCUT2D eigenvalue weighted by Crippen LogP contribution is -2.41. The fourth-order valence-electron chi connectivity index (χ4n) is 4.06. The van der Waals surface area contributed by atoms with Crippen molar-refractivity contribution >= 4 is 0 Å². The summed E-state index contributed by atoms with van der Waals surface area (Å²) in [5.41, 5.74) is 1.31.